The highest BCUT2D eigenvalue weighted by molar-refractivity contribution is 4.74. The molecule has 1 heterocycles. The zero-order valence-electron chi connectivity index (χ0n) is 9.75. The summed E-state index contributed by atoms with van der Waals surface area (Å²) in [6, 6.07) is 0. The Morgan fingerprint density at radius 3 is 2.36 bits per heavy atom. The van der Waals surface area contributed by atoms with Crippen molar-refractivity contribution in [3.63, 3.8) is 0 Å². The van der Waals surface area contributed by atoms with E-state index in [4.69, 9.17) is 4.74 Å². The van der Waals surface area contributed by atoms with Gasteiger partial charge in [-0.05, 0) is 37.0 Å². The molecule has 0 saturated carbocycles. The Hall–Kier alpha value is -0.0800. The Balaban J connectivity index is 2.19. The van der Waals surface area contributed by atoms with E-state index in [-0.39, 0.29) is 11.5 Å². The van der Waals surface area contributed by atoms with Crippen molar-refractivity contribution >= 4 is 0 Å². The van der Waals surface area contributed by atoms with Gasteiger partial charge in [0.15, 0.2) is 0 Å². The fourth-order valence-electron chi connectivity index (χ4n) is 1.86. The fraction of sp³-hybridized carbons (Fsp3) is 1.00. The summed E-state index contributed by atoms with van der Waals surface area (Å²) in [5.41, 5.74) is 0.0329. The van der Waals surface area contributed by atoms with Gasteiger partial charge in [0, 0.05) is 13.2 Å². The molecule has 1 atom stereocenters. The van der Waals surface area contributed by atoms with Gasteiger partial charge >= 0.3 is 0 Å². The molecule has 1 rings (SSSR count). The zero-order valence-corrected chi connectivity index (χ0v) is 9.75. The summed E-state index contributed by atoms with van der Waals surface area (Å²) in [7, 11) is 0. The quantitative estimate of drug-likeness (QED) is 0.759. The molecule has 84 valence electrons. The topological polar surface area (TPSA) is 29.5 Å². The van der Waals surface area contributed by atoms with Crippen molar-refractivity contribution in [2.24, 2.45) is 11.3 Å². The molecular weight excluding hydrogens is 176 g/mol. The van der Waals surface area contributed by atoms with Crippen LogP contribution in [0.25, 0.3) is 0 Å². The Labute approximate surface area is 87.7 Å². The van der Waals surface area contributed by atoms with E-state index in [0.717, 1.165) is 32.0 Å². The molecule has 0 aromatic rings. The normalized spacial score (nSPS) is 22.3. The molecule has 1 saturated heterocycles. The van der Waals surface area contributed by atoms with Gasteiger partial charge in [-0.1, -0.05) is 20.8 Å². The first kappa shape index (κ1) is 12.0. The summed E-state index contributed by atoms with van der Waals surface area (Å²) < 4.78 is 5.31. The van der Waals surface area contributed by atoms with Gasteiger partial charge < -0.3 is 9.84 Å². The summed E-state index contributed by atoms with van der Waals surface area (Å²) in [5, 5.41) is 9.89. The van der Waals surface area contributed by atoms with Gasteiger partial charge in [-0.3, -0.25) is 0 Å². The second kappa shape index (κ2) is 5.13. The van der Waals surface area contributed by atoms with Crippen molar-refractivity contribution in [3.8, 4) is 0 Å². The molecule has 0 aliphatic carbocycles. The molecule has 0 amide bonds. The predicted octanol–water partition coefficient (Wildman–Crippen LogP) is 2.60. The summed E-state index contributed by atoms with van der Waals surface area (Å²) >= 11 is 0. The van der Waals surface area contributed by atoms with Crippen LogP contribution in [0.1, 0.15) is 46.5 Å². The lowest BCUT2D eigenvalue weighted by molar-refractivity contribution is 0.0315. The highest BCUT2D eigenvalue weighted by Crippen LogP contribution is 2.27. The molecule has 2 heteroatoms. The Bertz CT molecular complexity index is 154. The van der Waals surface area contributed by atoms with E-state index < -0.39 is 0 Å². The zero-order chi connectivity index (χ0) is 10.6. The lowest BCUT2D eigenvalue weighted by Gasteiger charge is -2.28. The van der Waals surface area contributed by atoms with Gasteiger partial charge in [-0.15, -0.1) is 0 Å². The first-order valence-electron chi connectivity index (χ1n) is 5.76. The van der Waals surface area contributed by atoms with E-state index in [2.05, 4.69) is 20.8 Å². The lowest BCUT2D eigenvalue weighted by Crippen LogP contribution is -2.27. The number of ether oxygens (including phenoxy) is 1. The second-order valence-corrected chi connectivity index (χ2v) is 5.51. The van der Waals surface area contributed by atoms with Crippen LogP contribution in [0.15, 0.2) is 0 Å². The maximum Gasteiger partial charge on any atom is 0.0588 e. The van der Waals surface area contributed by atoms with Crippen molar-refractivity contribution in [3.05, 3.63) is 0 Å². The molecule has 1 N–H and O–H groups in total. The highest BCUT2D eigenvalue weighted by Gasteiger charge is 2.23. The van der Waals surface area contributed by atoms with E-state index in [0.29, 0.717) is 0 Å². The number of aliphatic hydroxyl groups excluding tert-OH is 1. The van der Waals surface area contributed by atoms with Crippen molar-refractivity contribution in [1.82, 2.24) is 0 Å². The maximum absolute atomic E-state index is 9.89. The van der Waals surface area contributed by atoms with E-state index in [1.54, 1.807) is 0 Å². The maximum atomic E-state index is 9.89. The summed E-state index contributed by atoms with van der Waals surface area (Å²) in [6.07, 6.45) is 4.29. The number of rotatable bonds is 3. The van der Waals surface area contributed by atoms with Crippen LogP contribution in [0.5, 0.6) is 0 Å². The van der Waals surface area contributed by atoms with E-state index in [1.165, 1.54) is 12.8 Å². The average Bonchev–Trinajstić information content (AvgIpc) is 2.14. The second-order valence-electron chi connectivity index (χ2n) is 5.51. The number of hydrogen-bond acceptors (Lipinski definition) is 2. The Kier molecular flexibility index (Phi) is 4.39. The monoisotopic (exact) mass is 200 g/mol. The fourth-order valence-corrected chi connectivity index (χ4v) is 1.86. The average molecular weight is 200 g/mol. The summed E-state index contributed by atoms with van der Waals surface area (Å²) in [4.78, 5) is 0. The van der Waals surface area contributed by atoms with Crippen LogP contribution in [0.4, 0.5) is 0 Å². The van der Waals surface area contributed by atoms with Crippen LogP contribution < -0.4 is 0 Å². The minimum atomic E-state index is -0.162. The van der Waals surface area contributed by atoms with Crippen LogP contribution in [-0.4, -0.2) is 24.4 Å². The van der Waals surface area contributed by atoms with Crippen LogP contribution in [0, 0.1) is 11.3 Å². The first-order chi connectivity index (χ1) is 6.50. The van der Waals surface area contributed by atoms with Gasteiger partial charge in [0.25, 0.3) is 0 Å². The van der Waals surface area contributed by atoms with E-state index in [1.807, 2.05) is 0 Å². The van der Waals surface area contributed by atoms with Gasteiger partial charge in [0.2, 0.25) is 0 Å². The smallest absolute Gasteiger partial charge is 0.0588 e. The van der Waals surface area contributed by atoms with Gasteiger partial charge in [0.05, 0.1) is 6.10 Å². The summed E-state index contributed by atoms with van der Waals surface area (Å²) in [6.45, 7) is 8.12. The molecule has 0 bridgehead atoms. The SMILES string of the molecule is CC(C)(C)C(O)CCC1CCOCC1. The van der Waals surface area contributed by atoms with Gasteiger partial charge in [-0.25, -0.2) is 0 Å². The first-order valence-corrected chi connectivity index (χ1v) is 5.76. The molecular formula is C12H24O2. The Morgan fingerprint density at radius 1 is 1.29 bits per heavy atom. The lowest BCUT2D eigenvalue weighted by atomic mass is 9.83. The Morgan fingerprint density at radius 2 is 1.86 bits per heavy atom. The van der Waals surface area contributed by atoms with Crippen LogP contribution in [-0.2, 0) is 4.74 Å². The van der Waals surface area contributed by atoms with Crippen molar-refractivity contribution < 1.29 is 9.84 Å². The number of hydrogen-bond donors (Lipinski definition) is 1. The third-order valence-electron chi connectivity index (χ3n) is 3.19. The van der Waals surface area contributed by atoms with Crippen molar-refractivity contribution in [2.75, 3.05) is 13.2 Å². The molecule has 14 heavy (non-hydrogen) atoms. The minimum absolute atomic E-state index is 0.0329. The number of aliphatic hydroxyl groups is 1. The molecule has 0 aromatic heterocycles. The highest BCUT2D eigenvalue weighted by atomic mass is 16.5. The third kappa shape index (κ3) is 3.97. The molecule has 1 fully saturated rings. The van der Waals surface area contributed by atoms with Crippen molar-refractivity contribution in [1.29, 1.82) is 0 Å². The standard InChI is InChI=1S/C12H24O2/c1-12(2,3)11(13)5-4-10-6-8-14-9-7-10/h10-11,13H,4-9H2,1-3H3. The largest absolute Gasteiger partial charge is 0.393 e. The van der Waals surface area contributed by atoms with E-state index >= 15 is 0 Å². The molecule has 0 radical (unpaired) electrons. The minimum Gasteiger partial charge on any atom is -0.393 e. The summed E-state index contributed by atoms with van der Waals surface area (Å²) in [5.74, 6) is 0.778. The molecule has 1 aliphatic heterocycles. The molecule has 2 nitrogen and oxygen atoms in total. The molecule has 1 unspecified atom stereocenters. The van der Waals surface area contributed by atoms with Crippen LogP contribution >= 0.6 is 0 Å². The van der Waals surface area contributed by atoms with Crippen LogP contribution in [0.2, 0.25) is 0 Å². The molecule has 0 aromatic carbocycles. The third-order valence-corrected chi connectivity index (χ3v) is 3.19. The van der Waals surface area contributed by atoms with Gasteiger partial charge in [0.1, 0.15) is 0 Å². The molecule has 1 aliphatic rings. The van der Waals surface area contributed by atoms with E-state index in [9.17, 15) is 5.11 Å². The van der Waals surface area contributed by atoms with Gasteiger partial charge in [-0.2, -0.15) is 0 Å². The predicted molar refractivity (Wildman–Crippen MR) is 58.2 cm³/mol. The van der Waals surface area contributed by atoms with Crippen LogP contribution in [0.3, 0.4) is 0 Å². The molecule has 0 spiro atoms. The van der Waals surface area contributed by atoms with Crippen molar-refractivity contribution in [2.45, 2.75) is 52.6 Å².